The molecule has 114 valence electrons. The maximum Gasteiger partial charge on any atom is 0.224 e. The van der Waals surface area contributed by atoms with Gasteiger partial charge in [0, 0.05) is 29.4 Å². The van der Waals surface area contributed by atoms with E-state index >= 15 is 0 Å². The second kappa shape index (κ2) is 6.54. The highest BCUT2D eigenvalue weighted by atomic mass is 32.2. The Kier molecular flexibility index (Phi) is 4.96. The second-order valence-corrected chi connectivity index (χ2v) is 6.61. The molecule has 0 spiro atoms. The molecule has 0 aliphatic rings. The van der Waals surface area contributed by atoms with Crippen molar-refractivity contribution < 1.29 is 9.90 Å². The Morgan fingerprint density at radius 3 is 2.95 bits per heavy atom. The molecule has 21 heavy (non-hydrogen) atoms. The monoisotopic (exact) mass is 306 g/mol. The smallest absolute Gasteiger partial charge is 0.224 e. The Balaban J connectivity index is 1.99. The first-order chi connectivity index (χ1) is 9.91. The van der Waals surface area contributed by atoms with Gasteiger partial charge >= 0.3 is 0 Å². The van der Waals surface area contributed by atoms with E-state index in [9.17, 15) is 9.90 Å². The summed E-state index contributed by atoms with van der Waals surface area (Å²) in [7, 11) is 0. The number of thioether (sulfide) groups is 1. The van der Waals surface area contributed by atoms with Crippen LogP contribution in [0.4, 0.5) is 0 Å². The van der Waals surface area contributed by atoms with Crippen molar-refractivity contribution >= 4 is 28.6 Å². The first-order valence-electron chi connectivity index (χ1n) is 6.96. The van der Waals surface area contributed by atoms with E-state index in [2.05, 4.69) is 16.4 Å². The van der Waals surface area contributed by atoms with E-state index in [-0.39, 0.29) is 12.5 Å². The van der Waals surface area contributed by atoms with Crippen molar-refractivity contribution in [3.05, 3.63) is 35.5 Å². The Labute approximate surface area is 129 Å². The number of hydrogen-bond acceptors (Lipinski definition) is 3. The number of fused-ring (bicyclic) bond motifs is 1. The van der Waals surface area contributed by atoms with Crippen molar-refractivity contribution in [2.45, 2.75) is 25.9 Å². The summed E-state index contributed by atoms with van der Waals surface area (Å²) in [5, 5.41) is 13.9. The van der Waals surface area contributed by atoms with E-state index < -0.39 is 5.60 Å². The summed E-state index contributed by atoms with van der Waals surface area (Å²) in [6, 6.07) is 6.15. The lowest BCUT2D eigenvalue weighted by atomic mass is 10.1. The largest absolute Gasteiger partial charge is 0.387 e. The lowest BCUT2D eigenvalue weighted by Crippen LogP contribution is -2.42. The van der Waals surface area contributed by atoms with E-state index in [1.807, 2.05) is 31.5 Å². The van der Waals surface area contributed by atoms with Crippen molar-refractivity contribution in [2.24, 2.45) is 0 Å². The molecule has 1 atom stereocenters. The van der Waals surface area contributed by atoms with Crippen LogP contribution in [0.2, 0.25) is 0 Å². The highest BCUT2D eigenvalue weighted by Crippen LogP contribution is 2.20. The van der Waals surface area contributed by atoms with Gasteiger partial charge in [-0.25, -0.2) is 0 Å². The number of nitrogens with one attached hydrogen (secondary N) is 2. The minimum absolute atomic E-state index is 0.0714. The quantitative estimate of drug-likeness (QED) is 0.767. The zero-order valence-electron chi connectivity index (χ0n) is 12.7. The van der Waals surface area contributed by atoms with Crippen molar-refractivity contribution in [3.8, 4) is 0 Å². The van der Waals surface area contributed by atoms with Gasteiger partial charge in [0.05, 0.1) is 12.0 Å². The number of rotatable bonds is 6. The lowest BCUT2D eigenvalue weighted by molar-refractivity contribution is -0.121. The molecule has 0 bridgehead atoms. The Morgan fingerprint density at radius 2 is 2.24 bits per heavy atom. The van der Waals surface area contributed by atoms with Gasteiger partial charge in [-0.05, 0) is 37.3 Å². The third kappa shape index (κ3) is 4.25. The van der Waals surface area contributed by atoms with E-state index in [1.54, 1.807) is 18.7 Å². The molecule has 5 heteroatoms. The van der Waals surface area contributed by atoms with Crippen LogP contribution in [0.15, 0.2) is 24.4 Å². The maximum absolute atomic E-state index is 12.0. The average Bonchev–Trinajstić information content (AvgIpc) is 2.79. The van der Waals surface area contributed by atoms with Crippen LogP contribution in [0.3, 0.4) is 0 Å². The van der Waals surface area contributed by atoms with Gasteiger partial charge in [-0.3, -0.25) is 4.79 Å². The van der Waals surface area contributed by atoms with Crippen molar-refractivity contribution in [1.29, 1.82) is 0 Å². The van der Waals surface area contributed by atoms with E-state index in [0.717, 1.165) is 16.5 Å². The molecule has 0 saturated carbocycles. The fourth-order valence-electron chi connectivity index (χ4n) is 2.33. The zero-order valence-corrected chi connectivity index (χ0v) is 13.5. The molecule has 1 aromatic heterocycles. The third-order valence-corrected chi connectivity index (χ3v) is 4.31. The summed E-state index contributed by atoms with van der Waals surface area (Å²) in [6.07, 6.45) is 4.13. The second-order valence-electron chi connectivity index (χ2n) is 5.75. The normalized spacial score (nSPS) is 14.1. The topological polar surface area (TPSA) is 65.1 Å². The minimum Gasteiger partial charge on any atom is -0.387 e. The number of aliphatic hydroxyl groups is 1. The zero-order chi connectivity index (χ0) is 15.5. The molecule has 0 aliphatic carbocycles. The molecule has 1 heterocycles. The van der Waals surface area contributed by atoms with Gasteiger partial charge in [0.1, 0.15) is 0 Å². The molecule has 2 rings (SSSR count). The molecule has 1 unspecified atom stereocenters. The maximum atomic E-state index is 12.0. The number of aromatic amines is 1. The van der Waals surface area contributed by atoms with Gasteiger partial charge in [0.2, 0.25) is 5.91 Å². The van der Waals surface area contributed by atoms with Crippen LogP contribution in [0.5, 0.6) is 0 Å². The van der Waals surface area contributed by atoms with Gasteiger partial charge in [-0.15, -0.1) is 0 Å². The Morgan fingerprint density at radius 1 is 1.48 bits per heavy atom. The van der Waals surface area contributed by atoms with Crippen LogP contribution in [0, 0.1) is 6.92 Å². The third-order valence-electron chi connectivity index (χ3n) is 3.40. The van der Waals surface area contributed by atoms with Crippen LogP contribution < -0.4 is 5.32 Å². The van der Waals surface area contributed by atoms with E-state index in [1.165, 1.54) is 5.56 Å². The molecular formula is C16H22N2O2S. The summed E-state index contributed by atoms with van der Waals surface area (Å²) >= 11 is 1.56. The highest BCUT2D eigenvalue weighted by Gasteiger charge is 2.20. The van der Waals surface area contributed by atoms with Crippen LogP contribution in [0.25, 0.3) is 10.9 Å². The molecule has 3 N–H and O–H groups in total. The Hall–Kier alpha value is -1.46. The summed E-state index contributed by atoms with van der Waals surface area (Å²) < 4.78 is 0. The number of carbonyl (C=O) groups excluding carboxylic acids is 1. The lowest BCUT2D eigenvalue weighted by Gasteiger charge is -2.22. The number of carbonyl (C=O) groups is 1. The summed E-state index contributed by atoms with van der Waals surface area (Å²) in [4.78, 5) is 15.2. The van der Waals surface area contributed by atoms with Crippen LogP contribution in [0.1, 0.15) is 18.1 Å². The average molecular weight is 306 g/mol. The number of hydrogen-bond donors (Lipinski definition) is 3. The Bertz CT molecular complexity index is 634. The van der Waals surface area contributed by atoms with E-state index in [4.69, 9.17) is 0 Å². The summed E-state index contributed by atoms with van der Waals surface area (Å²) in [5.74, 6) is 0.525. The van der Waals surface area contributed by atoms with Gasteiger partial charge in [0.25, 0.3) is 0 Å². The molecule has 0 fully saturated rings. The number of H-pyrrole nitrogens is 1. The molecule has 0 aliphatic heterocycles. The van der Waals surface area contributed by atoms with Gasteiger partial charge < -0.3 is 15.4 Å². The van der Waals surface area contributed by atoms with Gasteiger partial charge in [0.15, 0.2) is 0 Å². The molecule has 1 aromatic carbocycles. The van der Waals surface area contributed by atoms with Crippen LogP contribution in [-0.4, -0.2) is 40.2 Å². The van der Waals surface area contributed by atoms with Crippen molar-refractivity contribution in [2.75, 3.05) is 18.6 Å². The first kappa shape index (κ1) is 15.9. The fourth-order valence-corrected chi connectivity index (χ4v) is 3.06. The molecular weight excluding hydrogens is 284 g/mol. The standard InChI is InChI=1S/C16H22N2O2S/c1-11-4-5-13-12(8-17-14(13)6-11)7-15(19)18-9-16(2,20)10-21-3/h4-6,8,17,20H,7,9-10H2,1-3H3,(H,18,19). The highest BCUT2D eigenvalue weighted by molar-refractivity contribution is 7.98. The summed E-state index contributed by atoms with van der Waals surface area (Å²) in [5.41, 5.74) is 2.35. The number of amides is 1. The number of aromatic nitrogens is 1. The molecule has 0 radical (unpaired) electrons. The van der Waals surface area contributed by atoms with Crippen molar-refractivity contribution in [3.63, 3.8) is 0 Å². The number of aryl methyl sites for hydroxylation is 1. The van der Waals surface area contributed by atoms with Crippen molar-refractivity contribution in [1.82, 2.24) is 10.3 Å². The molecule has 1 amide bonds. The predicted octanol–water partition coefficient (Wildman–Crippen LogP) is 2.25. The minimum atomic E-state index is -0.869. The predicted molar refractivity (Wildman–Crippen MR) is 88.8 cm³/mol. The SMILES string of the molecule is CSCC(C)(O)CNC(=O)Cc1c[nH]c2cc(C)ccc12. The fraction of sp³-hybridized carbons (Fsp3) is 0.438. The first-order valence-corrected chi connectivity index (χ1v) is 8.35. The number of benzene rings is 1. The molecule has 4 nitrogen and oxygen atoms in total. The van der Waals surface area contributed by atoms with Crippen LogP contribution >= 0.6 is 11.8 Å². The van der Waals surface area contributed by atoms with Gasteiger partial charge in [-0.2, -0.15) is 11.8 Å². The van der Waals surface area contributed by atoms with E-state index in [0.29, 0.717) is 12.2 Å². The van der Waals surface area contributed by atoms with Crippen LogP contribution in [-0.2, 0) is 11.2 Å². The molecule has 2 aromatic rings. The molecule has 0 saturated heterocycles. The van der Waals surface area contributed by atoms with Gasteiger partial charge in [-0.1, -0.05) is 12.1 Å². The summed E-state index contributed by atoms with van der Waals surface area (Å²) in [6.45, 7) is 4.05.